The zero-order chi connectivity index (χ0) is 21.1. The lowest BCUT2D eigenvalue weighted by Crippen LogP contribution is -2.11. The highest BCUT2D eigenvalue weighted by molar-refractivity contribution is 5.92. The van der Waals surface area contributed by atoms with Crippen LogP contribution in [0.1, 0.15) is 48.5 Å². The van der Waals surface area contributed by atoms with Crippen LogP contribution in [0.4, 0.5) is 0 Å². The SMILES string of the molecule is Cc1ccc(C(=O)Oc2ccc(OC(=O)c3ccc(C)c(C)c3)c(C)c2)cc1C. The number of ether oxygens (including phenoxy) is 2. The maximum absolute atomic E-state index is 12.4. The van der Waals surface area contributed by atoms with E-state index < -0.39 is 11.9 Å². The number of carbonyl (C=O) groups is 2. The Morgan fingerprint density at radius 1 is 0.552 bits per heavy atom. The number of benzene rings is 3. The van der Waals surface area contributed by atoms with Gasteiger partial charge in [-0.15, -0.1) is 0 Å². The van der Waals surface area contributed by atoms with Crippen molar-refractivity contribution in [1.29, 1.82) is 0 Å². The van der Waals surface area contributed by atoms with Crippen molar-refractivity contribution in [2.75, 3.05) is 0 Å². The predicted octanol–water partition coefficient (Wildman–Crippen LogP) is 5.67. The number of aryl methyl sites for hydroxylation is 5. The molecule has 0 atom stereocenters. The van der Waals surface area contributed by atoms with Crippen LogP contribution in [0.3, 0.4) is 0 Å². The van der Waals surface area contributed by atoms with Crippen molar-refractivity contribution in [3.05, 3.63) is 93.5 Å². The summed E-state index contributed by atoms with van der Waals surface area (Å²) in [4.78, 5) is 24.8. The summed E-state index contributed by atoms with van der Waals surface area (Å²) in [5, 5.41) is 0. The molecule has 0 unspecified atom stereocenters. The molecule has 0 aliphatic rings. The van der Waals surface area contributed by atoms with E-state index in [-0.39, 0.29) is 0 Å². The lowest BCUT2D eigenvalue weighted by Gasteiger charge is -2.11. The molecule has 0 fully saturated rings. The summed E-state index contributed by atoms with van der Waals surface area (Å²) < 4.78 is 11.0. The first-order chi connectivity index (χ1) is 13.7. The van der Waals surface area contributed by atoms with Crippen LogP contribution in [-0.2, 0) is 0 Å². The minimum absolute atomic E-state index is 0.400. The third-order valence-corrected chi connectivity index (χ3v) is 5.04. The first-order valence-electron chi connectivity index (χ1n) is 9.44. The van der Waals surface area contributed by atoms with Gasteiger partial charge in [-0.25, -0.2) is 9.59 Å². The second kappa shape index (κ2) is 8.31. The fourth-order valence-electron chi connectivity index (χ4n) is 2.86. The molecular weight excluding hydrogens is 364 g/mol. The van der Waals surface area contributed by atoms with Crippen molar-refractivity contribution in [3.63, 3.8) is 0 Å². The maximum atomic E-state index is 12.4. The molecule has 3 rings (SSSR count). The van der Waals surface area contributed by atoms with E-state index in [1.165, 1.54) is 0 Å². The van der Waals surface area contributed by atoms with Gasteiger partial charge in [0.05, 0.1) is 11.1 Å². The minimum Gasteiger partial charge on any atom is -0.423 e. The van der Waals surface area contributed by atoms with E-state index in [0.717, 1.165) is 22.3 Å². The fourth-order valence-corrected chi connectivity index (χ4v) is 2.86. The predicted molar refractivity (Wildman–Crippen MR) is 113 cm³/mol. The number of rotatable bonds is 4. The van der Waals surface area contributed by atoms with Gasteiger partial charge in [-0.2, -0.15) is 0 Å². The van der Waals surface area contributed by atoms with Crippen LogP contribution >= 0.6 is 0 Å². The summed E-state index contributed by atoms with van der Waals surface area (Å²) in [5.74, 6) is -0.0145. The van der Waals surface area contributed by atoms with E-state index in [1.54, 1.807) is 37.3 Å². The van der Waals surface area contributed by atoms with Crippen LogP contribution in [0, 0.1) is 34.6 Å². The molecule has 0 heterocycles. The van der Waals surface area contributed by atoms with E-state index >= 15 is 0 Å². The van der Waals surface area contributed by atoms with Crippen LogP contribution < -0.4 is 9.47 Å². The summed E-state index contributed by atoms with van der Waals surface area (Å²) in [5.41, 5.74) is 6.00. The van der Waals surface area contributed by atoms with Crippen molar-refractivity contribution < 1.29 is 19.1 Å². The third kappa shape index (κ3) is 4.72. The first-order valence-corrected chi connectivity index (χ1v) is 9.44. The van der Waals surface area contributed by atoms with E-state index in [0.29, 0.717) is 28.2 Å². The van der Waals surface area contributed by atoms with Gasteiger partial charge in [0.2, 0.25) is 0 Å². The molecule has 0 aliphatic carbocycles. The average Bonchev–Trinajstić information content (AvgIpc) is 2.68. The van der Waals surface area contributed by atoms with Gasteiger partial charge in [-0.05, 0) is 105 Å². The zero-order valence-electron chi connectivity index (χ0n) is 17.3. The molecule has 0 radical (unpaired) electrons. The second-order valence-electron chi connectivity index (χ2n) is 7.30. The van der Waals surface area contributed by atoms with Crippen molar-refractivity contribution >= 4 is 11.9 Å². The third-order valence-electron chi connectivity index (χ3n) is 5.04. The number of esters is 2. The monoisotopic (exact) mass is 388 g/mol. The molecule has 4 heteroatoms. The van der Waals surface area contributed by atoms with Gasteiger partial charge in [0.25, 0.3) is 0 Å². The lowest BCUT2D eigenvalue weighted by atomic mass is 10.1. The summed E-state index contributed by atoms with van der Waals surface area (Å²) in [6, 6.07) is 15.8. The molecule has 0 aromatic heterocycles. The Hall–Kier alpha value is -3.40. The van der Waals surface area contributed by atoms with Crippen LogP contribution in [0.5, 0.6) is 11.5 Å². The first kappa shape index (κ1) is 20.3. The van der Waals surface area contributed by atoms with Gasteiger partial charge in [0.15, 0.2) is 0 Å². The minimum atomic E-state index is -0.424. The normalized spacial score (nSPS) is 10.5. The zero-order valence-corrected chi connectivity index (χ0v) is 17.3. The fraction of sp³-hybridized carbons (Fsp3) is 0.200. The molecule has 0 N–H and O–H groups in total. The Labute approximate surface area is 171 Å². The second-order valence-corrected chi connectivity index (χ2v) is 7.30. The Bertz CT molecular complexity index is 1100. The molecule has 4 nitrogen and oxygen atoms in total. The Balaban J connectivity index is 1.72. The van der Waals surface area contributed by atoms with Crippen LogP contribution in [0.15, 0.2) is 54.6 Å². The number of carbonyl (C=O) groups excluding carboxylic acids is 2. The molecule has 0 saturated carbocycles. The molecule has 0 amide bonds. The van der Waals surface area contributed by atoms with E-state index in [1.807, 2.05) is 52.0 Å². The van der Waals surface area contributed by atoms with Crippen molar-refractivity contribution in [2.24, 2.45) is 0 Å². The van der Waals surface area contributed by atoms with Gasteiger partial charge >= 0.3 is 11.9 Å². The van der Waals surface area contributed by atoms with Gasteiger partial charge in [-0.3, -0.25) is 0 Å². The number of hydrogen-bond acceptors (Lipinski definition) is 4. The van der Waals surface area contributed by atoms with Crippen LogP contribution in [0.25, 0.3) is 0 Å². The molecule has 0 spiro atoms. The average molecular weight is 388 g/mol. The van der Waals surface area contributed by atoms with E-state index in [4.69, 9.17) is 9.47 Å². The van der Waals surface area contributed by atoms with Gasteiger partial charge in [-0.1, -0.05) is 12.1 Å². The maximum Gasteiger partial charge on any atom is 0.343 e. The smallest absolute Gasteiger partial charge is 0.343 e. The molecule has 148 valence electrons. The topological polar surface area (TPSA) is 52.6 Å². The molecule has 0 aliphatic heterocycles. The van der Waals surface area contributed by atoms with Crippen molar-refractivity contribution in [3.8, 4) is 11.5 Å². The van der Waals surface area contributed by atoms with E-state index in [2.05, 4.69) is 0 Å². The Morgan fingerprint density at radius 3 is 1.55 bits per heavy atom. The molecule has 29 heavy (non-hydrogen) atoms. The lowest BCUT2D eigenvalue weighted by molar-refractivity contribution is 0.0718. The highest BCUT2D eigenvalue weighted by Crippen LogP contribution is 2.25. The summed E-state index contributed by atoms with van der Waals surface area (Å²) >= 11 is 0. The number of hydrogen-bond donors (Lipinski definition) is 0. The van der Waals surface area contributed by atoms with Gasteiger partial charge < -0.3 is 9.47 Å². The summed E-state index contributed by atoms with van der Waals surface area (Å²) in [6.45, 7) is 9.69. The van der Waals surface area contributed by atoms with Gasteiger partial charge in [0.1, 0.15) is 11.5 Å². The molecule has 0 saturated heterocycles. The summed E-state index contributed by atoms with van der Waals surface area (Å²) in [7, 11) is 0. The van der Waals surface area contributed by atoms with E-state index in [9.17, 15) is 9.59 Å². The molecular formula is C25H24O4. The van der Waals surface area contributed by atoms with Crippen LogP contribution in [-0.4, -0.2) is 11.9 Å². The van der Waals surface area contributed by atoms with Gasteiger partial charge in [0, 0.05) is 0 Å². The highest BCUT2D eigenvalue weighted by Gasteiger charge is 2.14. The molecule has 0 bridgehead atoms. The summed E-state index contributed by atoms with van der Waals surface area (Å²) in [6.07, 6.45) is 0. The molecule has 3 aromatic carbocycles. The van der Waals surface area contributed by atoms with Crippen molar-refractivity contribution in [1.82, 2.24) is 0 Å². The quantitative estimate of drug-likeness (QED) is 0.427. The Morgan fingerprint density at radius 2 is 1.07 bits per heavy atom. The Kier molecular flexibility index (Phi) is 5.83. The standard InChI is InChI=1S/C25H24O4/c1-15-6-8-20(12-17(15)3)24(26)28-22-10-11-23(19(5)14-22)29-25(27)21-9-7-16(2)18(4)13-21/h6-14H,1-5H3. The van der Waals surface area contributed by atoms with Crippen LogP contribution in [0.2, 0.25) is 0 Å². The largest absolute Gasteiger partial charge is 0.423 e. The molecule has 3 aromatic rings. The van der Waals surface area contributed by atoms with Crippen molar-refractivity contribution in [2.45, 2.75) is 34.6 Å². The highest BCUT2D eigenvalue weighted by atomic mass is 16.5.